The molecule has 3 amide bonds. The van der Waals surface area contributed by atoms with Crippen LogP contribution in [0.2, 0.25) is 0 Å². The predicted octanol–water partition coefficient (Wildman–Crippen LogP) is 0.513. The molecule has 0 bridgehead atoms. The van der Waals surface area contributed by atoms with Crippen LogP contribution in [0.1, 0.15) is 5.56 Å². The van der Waals surface area contributed by atoms with Crippen molar-refractivity contribution in [3.8, 4) is 11.5 Å². The highest BCUT2D eigenvalue weighted by atomic mass is 32.2. The summed E-state index contributed by atoms with van der Waals surface area (Å²) in [4.78, 5) is 26.6. The number of ether oxygens (including phenoxy) is 2. The molecule has 1 heterocycles. The number of methoxy groups -OCH3 is 2. The van der Waals surface area contributed by atoms with Crippen molar-refractivity contribution < 1.29 is 27.5 Å². The van der Waals surface area contributed by atoms with Crippen LogP contribution in [0, 0.1) is 0 Å². The fourth-order valence-corrected chi connectivity index (χ4v) is 2.89. The zero-order chi connectivity index (χ0) is 17.9. The first-order valence-corrected chi connectivity index (χ1v) is 9.28. The standard InChI is InChI=1S/C15H20N2O6S/c1-22-12-6-11(7-13(8-12)23-2)9-16-10-14(18)17(15(16)19)4-5-24(3,20)21/h6-8H,4-5,9-10H2,1-3H3. The van der Waals surface area contributed by atoms with Crippen LogP contribution < -0.4 is 9.47 Å². The lowest BCUT2D eigenvalue weighted by atomic mass is 10.2. The molecule has 1 aliphatic heterocycles. The Kier molecular flexibility index (Phi) is 5.33. The molecule has 1 aromatic rings. The molecule has 0 spiro atoms. The smallest absolute Gasteiger partial charge is 0.327 e. The fraction of sp³-hybridized carbons (Fsp3) is 0.467. The van der Waals surface area contributed by atoms with Crippen molar-refractivity contribution in [2.24, 2.45) is 0 Å². The molecular formula is C15H20N2O6S. The van der Waals surface area contributed by atoms with E-state index in [1.807, 2.05) is 0 Å². The van der Waals surface area contributed by atoms with Gasteiger partial charge in [-0.15, -0.1) is 0 Å². The van der Waals surface area contributed by atoms with E-state index in [4.69, 9.17) is 9.47 Å². The molecule has 0 aromatic heterocycles. The molecule has 1 aliphatic rings. The van der Waals surface area contributed by atoms with Crippen LogP contribution in [-0.4, -0.2) is 69.5 Å². The summed E-state index contributed by atoms with van der Waals surface area (Å²) >= 11 is 0. The van der Waals surface area contributed by atoms with Crippen molar-refractivity contribution in [1.82, 2.24) is 9.80 Å². The monoisotopic (exact) mass is 356 g/mol. The van der Waals surface area contributed by atoms with Gasteiger partial charge in [-0.1, -0.05) is 0 Å². The minimum Gasteiger partial charge on any atom is -0.497 e. The molecule has 1 fully saturated rings. The SMILES string of the molecule is COc1cc(CN2CC(=O)N(CCS(C)(=O)=O)C2=O)cc(OC)c1. The largest absolute Gasteiger partial charge is 0.497 e. The first-order chi connectivity index (χ1) is 11.2. The second kappa shape index (κ2) is 7.08. The number of carbonyl (C=O) groups is 2. The van der Waals surface area contributed by atoms with E-state index >= 15 is 0 Å². The number of benzene rings is 1. The van der Waals surface area contributed by atoms with Crippen molar-refractivity contribution in [2.75, 3.05) is 39.3 Å². The lowest BCUT2D eigenvalue weighted by Crippen LogP contribution is -2.36. The Morgan fingerprint density at radius 3 is 2.17 bits per heavy atom. The molecule has 0 atom stereocenters. The van der Waals surface area contributed by atoms with E-state index in [0.717, 1.165) is 16.7 Å². The second-order valence-electron chi connectivity index (χ2n) is 5.53. The van der Waals surface area contributed by atoms with Gasteiger partial charge in [0.05, 0.1) is 20.0 Å². The van der Waals surface area contributed by atoms with Crippen LogP contribution in [0.15, 0.2) is 18.2 Å². The molecule has 0 radical (unpaired) electrons. The van der Waals surface area contributed by atoms with Gasteiger partial charge in [0, 0.05) is 25.4 Å². The van der Waals surface area contributed by atoms with Crippen molar-refractivity contribution >= 4 is 21.8 Å². The third-order valence-corrected chi connectivity index (χ3v) is 4.52. The number of carbonyl (C=O) groups excluding carboxylic acids is 2. The zero-order valence-corrected chi connectivity index (χ0v) is 14.6. The average molecular weight is 356 g/mol. The van der Waals surface area contributed by atoms with Gasteiger partial charge in [-0.3, -0.25) is 9.69 Å². The average Bonchev–Trinajstić information content (AvgIpc) is 2.78. The highest BCUT2D eigenvalue weighted by molar-refractivity contribution is 7.90. The number of rotatable bonds is 7. The van der Waals surface area contributed by atoms with Gasteiger partial charge in [0.15, 0.2) is 0 Å². The molecule has 1 saturated heterocycles. The van der Waals surface area contributed by atoms with Gasteiger partial charge in [0.25, 0.3) is 0 Å². The summed E-state index contributed by atoms with van der Waals surface area (Å²) in [5, 5.41) is 0. The maximum Gasteiger partial charge on any atom is 0.327 e. The number of imide groups is 1. The van der Waals surface area contributed by atoms with E-state index in [2.05, 4.69) is 0 Å². The number of nitrogens with zero attached hydrogens (tertiary/aromatic N) is 2. The Balaban J connectivity index is 2.11. The van der Waals surface area contributed by atoms with Gasteiger partial charge in [-0.2, -0.15) is 0 Å². The Bertz CT molecular complexity index is 724. The minimum atomic E-state index is -3.25. The molecule has 8 nitrogen and oxygen atoms in total. The van der Waals surface area contributed by atoms with E-state index in [0.29, 0.717) is 11.5 Å². The molecule has 2 rings (SSSR count). The number of hydrogen-bond donors (Lipinski definition) is 0. The highest BCUT2D eigenvalue weighted by Crippen LogP contribution is 2.24. The molecule has 132 valence electrons. The van der Waals surface area contributed by atoms with Gasteiger partial charge in [0.1, 0.15) is 27.9 Å². The number of sulfone groups is 1. The van der Waals surface area contributed by atoms with Crippen molar-refractivity contribution in [3.63, 3.8) is 0 Å². The summed E-state index contributed by atoms with van der Waals surface area (Å²) in [5.74, 6) is 0.511. The molecule has 0 saturated carbocycles. The Morgan fingerprint density at radius 1 is 1.08 bits per heavy atom. The van der Waals surface area contributed by atoms with E-state index in [9.17, 15) is 18.0 Å². The topological polar surface area (TPSA) is 93.2 Å². The quantitative estimate of drug-likeness (QED) is 0.661. The number of hydrogen-bond acceptors (Lipinski definition) is 6. The molecule has 0 unspecified atom stereocenters. The van der Waals surface area contributed by atoms with E-state index in [1.54, 1.807) is 18.2 Å². The molecule has 1 aromatic carbocycles. The van der Waals surface area contributed by atoms with Crippen molar-refractivity contribution in [2.45, 2.75) is 6.54 Å². The van der Waals surface area contributed by atoms with Crippen LogP contribution in [0.5, 0.6) is 11.5 Å². The van der Waals surface area contributed by atoms with Gasteiger partial charge < -0.3 is 14.4 Å². The maximum absolute atomic E-state index is 12.3. The molecule has 24 heavy (non-hydrogen) atoms. The third kappa shape index (κ3) is 4.38. The summed E-state index contributed by atoms with van der Waals surface area (Å²) in [6, 6.07) is 4.71. The fourth-order valence-electron chi connectivity index (χ4n) is 2.37. The summed E-state index contributed by atoms with van der Waals surface area (Å²) in [6.45, 7) is -0.00986. The van der Waals surface area contributed by atoms with E-state index in [1.165, 1.54) is 19.1 Å². The van der Waals surface area contributed by atoms with Gasteiger partial charge in [0.2, 0.25) is 5.91 Å². The van der Waals surface area contributed by atoms with Crippen LogP contribution in [-0.2, 0) is 21.2 Å². The minimum absolute atomic E-state index is 0.0812. The summed E-state index contributed by atoms with van der Waals surface area (Å²) in [6.07, 6.45) is 1.07. The molecule has 9 heteroatoms. The molecule has 0 aliphatic carbocycles. The van der Waals surface area contributed by atoms with Crippen LogP contribution in [0.25, 0.3) is 0 Å². The van der Waals surface area contributed by atoms with Gasteiger partial charge in [-0.25, -0.2) is 13.2 Å². The third-order valence-electron chi connectivity index (χ3n) is 3.60. The van der Waals surface area contributed by atoms with Crippen LogP contribution >= 0.6 is 0 Å². The number of amides is 3. The molecular weight excluding hydrogens is 336 g/mol. The first-order valence-electron chi connectivity index (χ1n) is 7.22. The summed E-state index contributed by atoms with van der Waals surface area (Å²) < 4.78 is 32.8. The summed E-state index contributed by atoms with van der Waals surface area (Å²) in [7, 11) is -0.203. The van der Waals surface area contributed by atoms with Crippen molar-refractivity contribution in [3.05, 3.63) is 23.8 Å². The van der Waals surface area contributed by atoms with Crippen LogP contribution in [0.3, 0.4) is 0 Å². The first kappa shape index (κ1) is 18.1. The van der Waals surface area contributed by atoms with Crippen molar-refractivity contribution in [1.29, 1.82) is 0 Å². The number of urea groups is 1. The van der Waals surface area contributed by atoms with E-state index < -0.39 is 21.8 Å². The second-order valence-corrected chi connectivity index (χ2v) is 7.79. The predicted molar refractivity (Wildman–Crippen MR) is 86.8 cm³/mol. The van der Waals surface area contributed by atoms with Crippen LogP contribution in [0.4, 0.5) is 4.79 Å². The zero-order valence-electron chi connectivity index (χ0n) is 13.8. The summed E-state index contributed by atoms with van der Waals surface area (Å²) in [5.41, 5.74) is 0.748. The normalized spacial score (nSPS) is 15.1. The lowest BCUT2D eigenvalue weighted by molar-refractivity contribution is -0.125. The Morgan fingerprint density at radius 2 is 1.67 bits per heavy atom. The Labute approximate surface area is 140 Å². The Hall–Kier alpha value is -2.29. The van der Waals surface area contributed by atoms with E-state index in [-0.39, 0.29) is 25.4 Å². The van der Waals surface area contributed by atoms with Gasteiger partial charge in [-0.05, 0) is 17.7 Å². The lowest BCUT2D eigenvalue weighted by Gasteiger charge is -2.17. The molecule has 0 N–H and O–H groups in total. The van der Waals surface area contributed by atoms with Gasteiger partial charge >= 0.3 is 6.03 Å². The maximum atomic E-state index is 12.3. The highest BCUT2D eigenvalue weighted by Gasteiger charge is 2.36.